The summed E-state index contributed by atoms with van der Waals surface area (Å²) >= 11 is 0. The Morgan fingerprint density at radius 3 is 1.77 bits per heavy atom. The second-order valence-corrected chi connectivity index (χ2v) is 9.40. The number of nitrogens with zero attached hydrogens (tertiary/aromatic N) is 1. The topological polar surface area (TPSA) is 108 Å². The number of imide groups is 1. The van der Waals surface area contributed by atoms with Crippen LogP contribution in [0.1, 0.15) is 17.5 Å². The van der Waals surface area contributed by atoms with Gasteiger partial charge in [-0.15, -0.1) is 0 Å². The lowest BCUT2D eigenvalue weighted by atomic mass is 10.0. The van der Waals surface area contributed by atoms with Gasteiger partial charge in [0.15, 0.2) is 0 Å². The molecule has 0 spiro atoms. The van der Waals surface area contributed by atoms with E-state index in [1.807, 2.05) is 84.9 Å². The highest BCUT2D eigenvalue weighted by molar-refractivity contribution is 6.12. The van der Waals surface area contributed by atoms with Crippen LogP contribution in [-0.4, -0.2) is 62.1 Å². The minimum Gasteiger partial charge on any atom is -0.492 e. The predicted octanol–water partition coefficient (Wildman–Crippen LogP) is 4.87. The fraction of sp³-hybridized carbons (Fsp3) is 0.176. The Labute approximate surface area is 249 Å². The highest BCUT2D eigenvalue weighted by Gasteiger charge is 2.22. The molecule has 1 heterocycles. The van der Waals surface area contributed by atoms with Crippen molar-refractivity contribution in [2.75, 3.05) is 33.5 Å². The second-order valence-electron chi connectivity index (χ2n) is 9.40. The lowest BCUT2D eigenvalue weighted by molar-refractivity contribution is -0.144. The van der Waals surface area contributed by atoms with Crippen LogP contribution in [0, 0.1) is 0 Å². The van der Waals surface area contributed by atoms with Gasteiger partial charge in [-0.1, -0.05) is 67.3 Å². The molecular formula is C34H31NO8. The number of rotatable bonds is 14. The summed E-state index contributed by atoms with van der Waals surface area (Å²) in [4.78, 5) is 47.4. The Hall–Kier alpha value is -5.44. The van der Waals surface area contributed by atoms with Crippen molar-refractivity contribution in [1.29, 1.82) is 0 Å². The van der Waals surface area contributed by atoms with E-state index in [1.54, 1.807) is 0 Å². The number of carbonyl (C=O) groups excluding carboxylic acids is 4. The van der Waals surface area contributed by atoms with Gasteiger partial charge in [0.1, 0.15) is 31.3 Å². The molecule has 0 fully saturated rings. The fourth-order valence-electron chi connectivity index (χ4n) is 4.02. The predicted molar refractivity (Wildman–Crippen MR) is 161 cm³/mol. The largest absolute Gasteiger partial charge is 0.492 e. The zero-order valence-corrected chi connectivity index (χ0v) is 23.7. The van der Waals surface area contributed by atoms with E-state index in [1.165, 1.54) is 19.3 Å². The Morgan fingerprint density at radius 1 is 0.721 bits per heavy atom. The van der Waals surface area contributed by atoms with Crippen LogP contribution < -0.4 is 9.47 Å². The SMILES string of the molecule is C=C(CC(=O)OC)C(=O)OCCOc1ccc(/C=C/c2ccc(-c3ccc(OCCN4C(=O)C=CC4=O)cc3)cc2)cc1. The van der Waals surface area contributed by atoms with Crippen LogP contribution in [0.25, 0.3) is 23.3 Å². The van der Waals surface area contributed by atoms with Crippen LogP contribution >= 0.6 is 0 Å². The normalized spacial score (nSPS) is 12.4. The van der Waals surface area contributed by atoms with Gasteiger partial charge in [-0.05, 0) is 46.5 Å². The van der Waals surface area contributed by atoms with Crippen molar-refractivity contribution in [3.63, 3.8) is 0 Å². The summed E-state index contributed by atoms with van der Waals surface area (Å²) < 4.78 is 20.8. The fourth-order valence-corrected chi connectivity index (χ4v) is 4.02. The third kappa shape index (κ3) is 9.02. The molecule has 0 bridgehead atoms. The van der Waals surface area contributed by atoms with Crippen molar-refractivity contribution in [2.45, 2.75) is 6.42 Å². The smallest absolute Gasteiger partial charge is 0.334 e. The molecule has 9 heteroatoms. The monoisotopic (exact) mass is 581 g/mol. The van der Waals surface area contributed by atoms with Gasteiger partial charge >= 0.3 is 11.9 Å². The van der Waals surface area contributed by atoms with Crippen molar-refractivity contribution in [1.82, 2.24) is 4.90 Å². The van der Waals surface area contributed by atoms with Gasteiger partial charge in [0, 0.05) is 17.7 Å². The van der Waals surface area contributed by atoms with Crippen LogP contribution in [0.15, 0.2) is 97.1 Å². The second kappa shape index (κ2) is 15.0. The molecule has 0 N–H and O–H groups in total. The van der Waals surface area contributed by atoms with Gasteiger partial charge in [0.2, 0.25) is 0 Å². The first-order valence-corrected chi connectivity index (χ1v) is 13.5. The van der Waals surface area contributed by atoms with Crippen molar-refractivity contribution < 1.29 is 38.1 Å². The average Bonchev–Trinajstić information content (AvgIpc) is 3.35. The van der Waals surface area contributed by atoms with E-state index < -0.39 is 11.9 Å². The van der Waals surface area contributed by atoms with Gasteiger partial charge in [-0.2, -0.15) is 0 Å². The molecule has 1 aliphatic rings. The minimum absolute atomic E-state index is 0.0257. The molecule has 0 aliphatic carbocycles. The molecule has 2 amide bonds. The van der Waals surface area contributed by atoms with E-state index >= 15 is 0 Å². The highest BCUT2D eigenvalue weighted by Crippen LogP contribution is 2.24. The van der Waals surface area contributed by atoms with Crippen molar-refractivity contribution in [2.24, 2.45) is 0 Å². The van der Waals surface area contributed by atoms with Gasteiger partial charge in [0.25, 0.3) is 11.8 Å². The van der Waals surface area contributed by atoms with Crippen LogP contribution in [0.3, 0.4) is 0 Å². The van der Waals surface area contributed by atoms with Crippen molar-refractivity contribution >= 4 is 35.9 Å². The average molecular weight is 582 g/mol. The highest BCUT2D eigenvalue weighted by atomic mass is 16.6. The van der Waals surface area contributed by atoms with E-state index in [9.17, 15) is 19.2 Å². The minimum atomic E-state index is -0.659. The molecule has 1 aliphatic heterocycles. The first-order chi connectivity index (χ1) is 20.8. The summed E-state index contributed by atoms with van der Waals surface area (Å²) in [5, 5.41) is 0. The molecule has 3 aromatic rings. The van der Waals surface area contributed by atoms with E-state index in [0.29, 0.717) is 11.5 Å². The van der Waals surface area contributed by atoms with Crippen LogP contribution in [0.2, 0.25) is 0 Å². The van der Waals surface area contributed by atoms with Crippen LogP contribution in [0.5, 0.6) is 11.5 Å². The third-order valence-electron chi connectivity index (χ3n) is 6.39. The number of methoxy groups -OCH3 is 1. The zero-order valence-electron chi connectivity index (χ0n) is 23.7. The van der Waals surface area contributed by atoms with Gasteiger partial charge in [-0.25, -0.2) is 4.79 Å². The number of hydrogen-bond donors (Lipinski definition) is 0. The van der Waals surface area contributed by atoms with Gasteiger partial charge < -0.3 is 18.9 Å². The molecule has 0 atom stereocenters. The molecule has 9 nitrogen and oxygen atoms in total. The summed E-state index contributed by atoms with van der Waals surface area (Å²) in [7, 11) is 1.24. The Balaban J connectivity index is 1.19. The number of amides is 2. The molecule has 43 heavy (non-hydrogen) atoms. The van der Waals surface area contributed by atoms with E-state index in [2.05, 4.69) is 11.3 Å². The maximum Gasteiger partial charge on any atom is 0.334 e. The van der Waals surface area contributed by atoms with E-state index in [0.717, 1.165) is 27.2 Å². The number of benzene rings is 3. The molecule has 0 aromatic heterocycles. The summed E-state index contributed by atoms with van der Waals surface area (Å²) in [6, 6.07) is 23.3. The first-order valence-electron chi connectivity index (χ1n) is 13.5. The van der Waals surface area contributed by atoms with Crippen LogP contribution in [0.4, 0.5) is 0 Å². The van der Waals surface area contributed by atoms with Crippen molar-refractivity contribution in [3.05, 3.63) is 108 Å². The number of esters is 2. The standard InChI is InChI=1S/C34H31NO8/c1-24(23-33(38)40-2)34(39)43-22-21-42-29-13-7-26(8-14-29)4-3-25-5-9-27(10-6-25)28-11-15-30(16-12-28)41-20-19-35-31(36)17-18-32(35)37/h3-18H,1,19-23H2,2H3/b4-3+. The molecule has 3 aromatic carbocycles. The van der Waals surface area contributed by atoms with Gasteiger partial charge in [0.05, 0.1) is 20.1 Å². The first kappa shape index (κ1) is 30.5. The maximum absolute atomic E-state index is 11.8. The summed E-state index contributed by atoms with van der Waals surface area (Å²) in [6.45, 7) is 4.15. The van der Waals surface area contributed by atoms with Crippen molar-refractivity contribution in [3.8, 4) is 22.6 Å². The number of carbonyl (C=O) groups is 4. The molecule has 4 rings (SSSR count). The number of hydrogen-bond acceptors (Lipinski definition) is 8. The zero-order chi connectivity index (χ0) is 30.6. The summed E-state index contributed by atoms with van der Waals surface area (Å²) in [5.41, 5.74) is 4.16. The molecular weight excluding hydrogens is 550 g/mol. The molecule has 0 saturated carbocycles. The summed E-state index contributed by atoms with van der Waals surface area (Å²) in [6.07, 6.45) is 6.32. The Bertz CT molecular complexity index is 1500. The maximum atomic E-state index is 11.8. The quantitative estimate of drug-likeness (QED) is 0.0873. The number of ether oxygens (including phenoxy) is 4. The molecule has 0 radical (unpaired) electrons. The molecule has 220 valence electrons. The van der Waals surface area contributed by atoms with Crippen LogP contribution in [-0.2, 0) is 28.7 Å². The van der Waals surface area contributed by atoms with Gasteiger partial charge in [-0.3, -0.25) is 19.3 Å². The summed E-state index contributed by atoms with van der Waals surface area (Å²) in [5.74, 6) is -0.549. The third-order valence-corrected chi connectivity index (χ3v) is 6.39. The van der Waals surface area contributed by atoms with E-state index in [-0.39, 0.29) is 50.2 Å². The Morgan fingerprint density at radius 2 is 1.21 bits per heavy atom. The Kier molecular flexibility index (Phi) is 10.6. The lowest BCUT2D eigenvalue weighted by Crippen LogP contribution is -2.33. The lowest BCUT2D eigenvalue weighted by Gasteiger charge is -2.14. The van der Waals surface area contributed by atoms with E-state index in [4.69, 9.17) is 14.2 Å². The molecule has 0 unspecified atom stereocenters. The molecule has 0 saturated heterocycles.